The summed E-state index contributed by atoms with van der Waals surface area (Å²) in [6.07, 6.45) is 24.2. The van der Waals surface area contributed by atoms with Crippen molar-refractivity contribution in [2.24, 2.45) is 0 Å². The fourth-order valence-corrected chi connectivity index (χ4v) is 25.7. The van der Waals surface area contributed by atoms with E-state index in [-0.39, 0.29) is 0 Å². The van der Waals surface area contributed by atoms with Gasteiger partial charge in [0.15, 0.2) is 0 Å². The fraction of sp³-hybridized carbons (Fsp3) is 1.00. The summed E-state index contributed by atoms with van der Waals surface area (Å²) in [5.41, 5.74) is 0. The summed E-state index contributed by atoms with van der Waals surface area (Å²) in [5.74, 6) is 0. The molecule has 90 heteroatoms. The van der Waals surface area contributed by atoms with Gasteiger partial charge in [0.25, 0.3) is 0 Å². The largest absolute Gasteiger partial charge is 0.101 e. The second-order valence-electron chi connectivity index (χ2n) is 40.2. The van der Waals surface area contributed by atoms with Crippen molar-refractivity contribution in [3.05, 3.63) is 0 Å². The number of hydrogen-bond acceptors (Lipinski definition) is 0. The topological polar surface area (TPSA) is 0 Å². The van der Waals surface area contributed by atoms with Crippen molar-refractivity contribution in [2.75, 3.05) is 0 Å². The fourth-order valence-electron chi connectivity index (χ4n) is 25.7. The summed E-state index contributed by atoms with van der Waals surface area (Å²) < 4.78 is 0. The maximum Gasteiger partial charge on any atom is 0.0594 e. The van der Waals surface area contributed by atoms with E-state index in [1.54, 1.807) is 0 Å². The van der Waals surface area contributed by atoms with Crippen molar-refractivity contribution >= 4 is 636 Å². The van der Waals surface area contributed by atoms with Crippen LogP contribution < -0.4 is 0 Å². The van der Waals surface area contributed by atoms with Gasteiger partial charge in [0.05, 0.1) is 340 Å². The predicted molar refractivity (Wildman–Crippen MR) is 651 cm³/mol. The first-order valence-electron chi connectivity index (χ1n) is 41.6. The van der Waals surface area contributed by atoms with Crippen LogP contribution in [0.3, 0.4) is 0 Å². The van der Waals surface area contributed by atoms with Crippen LogP contribution in [0.25, 0.3) is 0 Å². The van der Waals surface area contributed by atoms with Crippen LogP contribution in [-0.2, 0) is 0 Å². The average molecular weight is 1080 g/mol. The quantitative estimate of drug-likeness (QED) is 0.0533. The van der Waals surface area contributed by atoms with Gasteiger partial charge in [0, 0.05) is 296 Å². The van der Waals surface area contributed by atoms with Gasteiger partial charge in [0.2, 0.25) is 0 Å². The molecule has 368 valence electrons. The molecule has 0 N–H and O–H groups in total. The molecule has 0 aromatic heterocycles. The second-order valence-corrected chi connectivity index (χ2v) is 40.2. The van der Waals surface area contributed by atoms with Crippen molar-refractivity contribution < 1.29 is 0 Å². The summed E-state index contributed by atoms with van der Waals surface area (Å²) in [5, 5.41) is 0. The maximum atomic E-state index is 3.13. The van der Waals surface area contributed by atoms with E-state index in [2.05, 4.69) is 347 Å². The van der Waals surface area contributed by atoms with Crippen molar-refractivity contribution in [3.63, 3.8) is 0 Å². The Bertz CT molecular complexity index is 1750. The van der Waals surface area contributed by atoms with Crippen LogP contribution in [0.4, 0.5) is 0 Å². The normalized spacial score (nSPS) is 9.77. The van der Waals surface area contributed by atoms with Crippen molar-refractivity contribution in [1.82, 2.24) is 0 Å². The van der Waals surface area contributed by atoms with E-state index < -0.39 is 0 Å². The molecule has 0 aromatic carbocycles. The highest BCUT2D eigenvalue weighted by atomic mass is 13.5. The first kappa shape index (κ1) is 96.8. The van der Waals surface area contributed by atoms with Crippen LogP contribution >= 0.6 is 0 Å². The lowest BCUT2D eigenvalue weighted by molar-refractivity contribution is 2.32. The molecule has 0 spiro atoms. The second kappa shape index (κ2) is 45.4. The van der Waals surface area contributed by atoms with Crippen LogP contribution in [0.1, 0.15) is 0 Å². The number of rotatable bonds is 45. The Balaban J connectivity index is 13.2. The minimum absolute atomic E-state index is 0.491. The molecular weight excluding hydrogens is 985 g/mol. The molecule has 0 amide bonds. The number of hydrogen-bond donors (Lipinski definition) is 0. The van der Waals surface area contributed by atoms with Gasteiger partial charge in [-0.25, -0.2) is 0 Å². The lowest BCUT2D eigenvalue weighted by Crippen LogP contribution is -2.99. The molecular formula is CH94B90. The van der Waals surface area contributed by atoms with Gasteiger partial charge in [-0.2, -0.15) is 0 Å². The van der Waals surface area contributed by atoms with Crippen molar-refractivity contribution in [2.45, 2.75) is 6.82 Å². The SMILES string of the molecule is BBB(B)B(B(B)B)B(B(B(B(B)B)B(B)B)B(B(B)B)B(B)B)B(B(B(C)B(B(B(B)B)B(B)B)B(B(B)BB)B(B(B)B)B(B)B)B(B(B(B)B)B(B)B)B(B(B)B(B)B)B(B(B)B)B(B)B)B(B(B(B)B)B(B)B)B(B(BB)B(B)B)B(B(B)B)B(B)B. The molecule has 0 rings (SSSR count). The standard InChI is InChI=1S/CH94B90/c1-49(73(75(52(9)10)53(11)12)84(70(44)47-3)76(54(13)14)55(15)16)74(87(79(60(25)26)61(27)28)85(71(45)50(5)6)77(56(17)18)57(19)20)88(90(82(66(37)38)67(39)40)86(72(48-4)51(7)8)78(58(21)22)59(23)24)91(83(68(41)42)69(43)46-2)89(80(62(29)30)63(31)32)81(64(33)34)65(35)36/h46-48H,2-45H2,1H3. The molecule has 0 unspecified atom stereocenters. The first-order valence-corrected chi connectivity index (χ1v) is 41.6. The molecule has 0 atom stereocenters. The Labute approximate surface area is 636 Å². The van der Waals surface area contributed by atoms with Crippen LogP contribution in [0.5, 0.6) is 0 Å². The minimum Gasteiger partial charge on any atom is -0.101 e. The Morgan fingerprint density at radius 2 is 0.330 bits per heavy atom. The summed E-state index contributed by atoms with van der Waals surface area (Å²) in [4.78, 5) is 0. The molecule has 0 aliphatic rings. The third-order valence-electron chi connectivity index (χ3n) is 27.9. The third-order valence-corrected chi connectivity index (χ3v) is 27.9. The van der Waals surface area contributed by atoms with Gasteiger partial charge in [-0.3, -0.25) is 0 Å². The first-order chi connectivity index (χ1) is 41.6. The highest BCUT2D eigenvalue weighted by Gasteiger charge is 2.67. The monoisotopic (exact) mass is 1100 g/mol. The molecule has 0 radical (unpaired) electrons. The van der Waals surface area contributed by atoms with Gasteiger partial charge in [-0.15, -0.1) is 6.82 Å². The predicted octanol–water partition coefficient (Wildman–Crippen LogP) is -58.0. The molecule has 0 heterocycles. The highest BCUT2D eigenvalue weighted by molar-refractivity contribution is 8.40. The maximum absolute atomic E-state index is 3.13. The Kier molecular flexibility index (Phi) is 48.3. The molecule has 0 aromatic rings. The highest BCUT2D eigenvalue weighted by Crippen LogP contribution is 2.28. The van der Waals surface area contributed by atoms with E-state index in [1.165, 1.54) is 21.2 Å². The summed E-state index contributed by atoms with van der Waals surface area (Å²) in [6, 6.07) is 0. The van der Waals surface area contributed by atoms with Crippen molar-refractivity contribution in [3.8, 4) is 0 Å². The van der Waals surface area contributed by atoms with E-state index in [4.69, 9.17) is 0 Å². The lowest BCUT2D eigenvalue weighted by atomic mass is 8.21. The van der Waals surface area contributed by atoms with E-state index >= 15 is 0 Å². The zero-order valence-electron chi connectivity index (χ0n) is 71.9. The van der Waals surface area contributed by atoms with E-state index in [0.29, 0.717) is 275 Å². The van der Waals surface area contributed by atoms with Crippen LogP contribution in [0.15, 0.2) is 0 Å². The van der Waals surface area contributed by atoms with Crippen LogP contribution in [0.2, 0.25) is 6.82 Å². The smallest absolute Gasteiger partial charge is 0.0594 e. The molecule has 0 saturated heterocycles. The molecule has 0 fully saturated rings. The van der Waals surface area contributed by atoms with Gasteiger partial charge < -0.3 is 0 Å². The van der Waals surface area contributed by atoms with Crippen LogP contribution in [-0.4, -0.2) is 636 Å². The van der Waals surface area contributed by atoms with Gasteiger partial charge in [-0.1, -0.05) is 0 Å². The van der Waals surface area contributed by atoms with Crippen LogP contribution in [0, 0.1) is 0 Å². The van der Waals surface area contributed by atoms with Gasteiger partial charge in [0.1, 0.15) is 0 Å². The van der Waals surface area contributed by atoms with Gasteiger partial charge >= 0.3 is 0 Å². The minimum atomic E-state index is 0.491. The molecule has 0 nitrogen and oxygen atoms in total. The average Bonchev–Trinajstić information content (AvgIpc) is 0.721. The Hall–Kier alpha value is 5.84. The zero-order valence-corrected chi connectivity index (χ0v) is 71.9. The van der Waals surface area contributed by atoms with E-state index in [9.17, 15) is 0 Å². The zero-order chi connectivity index (χ0) is 71.9. The van der Waals surface area contributed by atoms with E-state index in [0.717, 1.165) is 0 Å². The summed E-state index contributed by atoms with van der Waals surface area (Å²) >= 11 is 0. The summed E-state index contributed by atoms with van der Waals surface area (Å²) in [6.45, 7) is 3.62. The lowest BCUT2D eigenvalue weighted by Gasteiger charge is -2.60. The van der Waals surface area contributed by atoms with Gasteiger partial charge in [-0.05, 0) is 0 Å². The molecule has 0 aliphatic carbocycles. The van der Waals surface area contributed by atoms with E-state index in [1.807, 2.05) is 0 Å². The Morgan fingerprint density at radius 1 is 0.154 bits per heavy atom. The summed E-state index contributed by atoms with van der Waals surface area (Å²) in [7, 11) is 124. The third kappa shape index (κ3) is 26.1. The molecule has 0 aliphatic heterocycles. The van der Waals surface area contributed by atoms with Crippen molar-refractivity contribution in [1.29, 1.82) is 0 Å². The Morgan fingerprint density at radius 3 is 0.560 bits per heavy atom. The molecule has 0 bridgehead atoms. The molecule has 0 saturated carbocycles. The molecule has 91 heavy (non-hydrogen) atoms.